The average Bonchev–Trinajstić information content (AvgIpc) is 3.06. The Bertz CT molecular complexity index is 736. The smallest absolute Gasteiger partial charge is 0.245 e. The minimum Gasteiger partial charge on any atom is -0.336 e. The molecule has 0 spiro atoms. The Morgan fingerprint density at radius 1 is 1.33 bits per heavy atom. The predicted molar refractivity (Wildman–Crippen MR) is 94.9 cm³/mol. The summed E-state index contributed by atoms with van der Waals surface area (Å²) in [6, 6.07) is 9.99. The molecule has 0 fully saturated rings. The molecular weight excluding hydrogens is 300 g/mol. The second kappa shape index (κ2) is 8.11. The van der Waals surface area contributed by atoms with Crippen LogP contribution in [-0.2, 0) is 11.3 Å². The molecule has 0 atom stereocenters. The van der Waals surface area contributed by atoms with Crippen molar-refractivity contribution in [2.45, 2.75) is 38.8 Å². The summed E-state index contributed by atoms with van der Waals surface area (Å²) in [5.41, 5.74) is 1.17. The summed E-state index contributed by atoms with van der Waals surface area (Å²) in [6.45, 7) is 4.56. The number of hydrogen-bond donors (Lipinski definition) is 1. The molecular formula is C19H22N4O. The zero-order chi connectivity index (χ0) is 17.4. The van der Waals surface area contributed by atoms with Crippen LogP contribution in [0.3, 0.4) is 0 Å². The molecule has 0 saturated heterocycles. The lowest BCUT2D eigenvalue weighted by atomic mass is 9.94. The van der Waals surface area contributed by atoms with Gasteiger partial charge in [-0.2, -0.15) is 0 Å². The minimum absolute atomic E-state index is 0.228. The second-order valence-electron chi connectivity index (χ2n) is 5.58. The molecule has 0 aliphatic rings. The Morgan fingerprint density at radius 3 is 2.67 bits per heavy atom. The van der Waals surface area contributed by atoms with Crippen molar-refractivity contribution in [1.82, 2.24) is 20.3 Å². The van der Waals surface area contributed by atoms with Crippen LogP contribution < -0.4 is 5.32 Å². The van der Waals surface area contributed by atoms with Gasteiger partial charge in [0.25, 0.3) is 0 Å². The van der Waals surface area contributed by atoms with Gasteiger partial charge in [0.2, 0.25) is 5.91 Å². The van der Waals surface area contributed by atoms with E-state index in [-0.39, 0.29) is 5.91 Å². The molecule has 2 aromatic rings. The van der Waals surface area contributed by atoms with Crippen molar-refractivity contribution in [1.29, 1.82) is 0 Å². The topological polar surface area (TPSA) is 59.8 Å². The van der Waals surface area contributed by atoms with Gasteiger partial charge in [0, 0.05) is 6.08 Å². The second-order valence-corrected chi connectivity index (χ2v) is 5.58. The van der Waals surface area contributed by atoms with E-state index in [1.165, 1.54) is 6.08 Å². The molecule has 0 radical (unpaired) electrons. The highest BCUT2D eigenvalue weighted by molar-refractivity contribution is 5.92. The van der Waals surface area contributed by atoms with Crippen LogP contribution in [0.4, 0.5) is 0 Å². The Balaban J connectivity index is 1.97. The zero-order valence-corrected chi connectivity index (χ0v) is 14.1. The lowest BCUT2D eigenvalue weighted by Gasteiger charge is -2.26. The van der Waals surface area contributed by atoms with E-state index in [2.05, 4.69) is 21.5 Å². The van der Waals surface area contributed by atoms with Gasteiger partial charge in [0.05, 0.1) is 12.7 Å². The van der Waals surface area contributed by atoms with Crippen LogP contribution in [0.1, 0.15) is 37.9 Å². The van der Waals surface area contributed by atoms with E-state index < -0.39 is 5.54 Å². The molecule has 1 N–H and O–H groups in total. The third-order valence-electron chi connectivity index (χ3n) is 4.00. The number of rotatable bonds is 7. The van der Waals surface area contributed by atoms with Gasteiger partial charge in [0.15, 0.2) is 0 Å². The zero-order valence-electron chi connectivity index (χ0n) is 14.1. The van der Waals surface area contributed by atoms with Gasteiger partial charge in [-0.05, 0) is 24.5 Å². The Kier molecular flexibility index (Phi) is 5.91. The van der Waals surface area contributed by atoms with E-state index in [0.29, 0.717) is 25.1 Å². The Hall–Kier alpha value is -2.87. The summed E-state index contributed by atoms with van der Waals surface area (Å²) in [4.78, 5) is 12.1. The standard InChI is InChI=1S/C19H22N4O/c1-4-19(5-2,6-3)20-18(24)13-12-17-15-23(22-21-17)14-16-10-8-7-9-11-16/h1,7-13,15H,5-6,14H2,2-3H3,(H,20,24). The molecule has 1 heterocycles. The van der Waals surface area contributed by atoms with E-state index in [9.17, 15) is 4.79 Å². The molecule has 0 unspecified atom stereocenters. The van der Waals surface area contributed by atoms with Crippen molar-refractivity contribution in [3.8, 4) is 12.3 Å². The van der Waals surface area contributed by atoms with Gasteiger partial charge in [-0.1, -0.05) is 55.3 Å². The largest absolute Gasteiger partial charge is 0.336 e. The van der Waals surface area contributed by atoms with Crippen molar-refractivity contribution in [2.24, 2.45) is 0 Å². The Morgan fingerprint density at radius 2 is 2.04 bits per heavy atom. The lowest BCUT2D eigenvalue weighted by Crippen LogP contribution is -2.45. The molecule has 2 rings (SSSR count). The van der Waals surface area contributed by atoms with Crippen LogP contribution in [0.15, 0.2) is 42.6 Å². The SMILES string of the molecule is C#CC(CC)(CC)NC(=O)C=Cc1cn(Cc2ccccc2)nn1. The third-order valence-corrected chi connectivity index (χ3v) is 4.00. The summed E-state index contributed by atoms with van der Waals surface area (Å²) in [7, 11) is 0. The number of nitrogens with one attached hydrogen (secondary N) is 1. The fraction of sp³-hybridized carbons (Fsp3) is 0.316. The Labute approximate surface area is 142 Å². The quantitative estimate of drug-likeness (QED) is 0.630. The number of hydrogen-bond acceptors (Lipinski definition) is 3. The van der Waals surface area contributed by atoms with Crippen LogP contribution in [0, 0.1) is 12.3 Å². The van der Waals surface area contributed by atoms with Gasteiger partial charge in [-0.3, -0.25) is 4.79 Å². The summed E-state index contributed by atoms with van der Waals surface area (Å²) < 4.78 is 1.73. The van der Waals surface area contributed by atoms with E-state index in [1.54, 1.807) is 17.0 Å². The number of amides is 1. The molecule has 5 nitrogen and oxygen atoms in total. The summed E-state index contributed by atoms with van der Waals surface area (Å²) >= 11 is 0. The number of terminal acetylenes is 1. The normalized spacial score (nSPS) is 11.4. The molecule has 0 bridgehead atoms. The first-order valence-corrected chi connectivity index (χ1v) is 8.03. The molecule has 0 aliphatic heterocycles. The van der Waals surface area contributed by atoms with Crippen LogP contribution in [-0.4, -0.2) is 26.4 Å². The van der Waals surface area contributed by atoms with Crippen molar-refractivity contribution in [3.63, 3.8) is 0 Å². The van der Waals surface area contributed by atoms with Gasteiger partial charge < -0.3 is 5.32 Å². The number of benzene rings is 1. The number of carbonyl (C=O) groups is 1. The number of carbonyl (C=O) groups excluding carboxylic acids is 1. The van der Waals surface area contributed by atoms with Crippen molar-refractivity contribution in [3.05, 3.63) is 53.9 Å². The third kappa shape index (κ3) is 4.56. The molecule has 5 heteroatoms. The lowest BCUT2D eigenvalue weighted by molar-refractivity contribution is -0.117. The molecule has 1 aromatic carbocycles. The number of aromatic nitrogens is 3. The molecule has 0 aliphatic carbocycles. The van der Waals surface area contributed by atoms with Crippen LogP contribution in [0.2, 0.25) is 0 Å². The monoisotopic (exact) mass is 322 g/mol. The minimum atomic E-state index is -0.591. The maximum atomic E-state index is 12.1. The van der Waals surface area contributed by atoms with E-state index in [0.717, 1.165) is 5.56 Å². The summed E-state index contributed by atoms with van der Waals surface area (Å²) in [5.74, 6) is 2.45. The summed E-state index contributed by atoms with van der Waals surface area (Å²) in [6.07, 6.45) is 11.8. The van der Waals surface area contributed by atoms with Gasteiger partial charge in [-0.15, -0.1) is 11.5 Å². The molecule has 0 saturated carbocycles. The predicted octanol–water partition coefficient (Wildman–Crippen LogP) is 2.65. The maximum absolute atomic E-state index is 12.1. The summed E-state index contributed by atoms with van der Waals surface area (Å²) in [5, 5.41) is 11.0. The highest BCUT2D eigenvalue weighted by Crippen LogP contribution is 2.13. The fourth-order valence-electron chi connectivity index (χ4n) is 2.34. The van der Waals surface area contributed by atoms with Crippen LogP contribution >= 0.6 is 0 Å². The molecule has 124 valence electrons. The van der Waals surface area contributed by atoms with Crippen molar-refractivity contribution >= 4 is 12.0 Å². The van der Waals surface area contributed by atoms with Crippen LogP contribution in [0.5, 0.6) is 0 Å². The first kappa shape index (κ1) is 17.5. The van der Waals surface area contributed by atoms with E-state index in [1.807, 2.05) is 44.2 Å². The maximum Gasteiger partial charge on any atom is 0.245 e. The van der Waals surface area contributed by atoms with Crippen LogP contribution in [0.25, 0.3) is 6.08 Å². The highest BCUT2D eigenvalue weighted by atomic mass is 16.1. The first-order chi connectivity index (χ1) is 11.6. The molecule has 24 heavy (non-hydrogen) atoms. The van der Waals surface area contributed by atoms with E-state index in [4.69, 9.17) is 6.42 Å². The highest BCUT2D eigenvalue weighted by Gasteiger charge is 2.24. The van der Waals surface area contributed by atoms with E-state index >= 15 is 0 Å². The van der Waals surface area contributed by atoms with Gasteiger partial charge in [-0.25, -0.2) is 4.68 Å². The van der Waals surface area contributed by atoms with Crippen molar-refractivity contribution < 1.29 is 4.79 Å². The first-order valence-electron chi connectivity index (χ1n) is 8.03. The van der Waals surface area contributed by atoms with Crippen molar-refractivity contribution in [2.75, 3.05) is 0 Å². The van der Waals surface area contributed by atoms with Gasteiger partial charge in [0.1, 0.15) is 11.2 Å². The average molecular weight is 322 g/mol. The molecule has 1 amide bonds. The fourth-order valence-corrected chi connectivity index (χ4v) is 2.34. The molecule has 1 aromatic heterocycles. The van der Waals surface area contributed by atoms with Gasteiger partial charge >= 0.3 is 0 Å². The number of nitrogens with zero attached hydrogens (tertiary/aromatic N) is 3.